The lowest BCUT2D eigenvalue weighted by Gasteiger charge is -2.61. The lowest BCUT2D eigenvalue weighted by Crippen LogP contribution is -2.68. The third-order valence-corrected chi connectivity index (χ3v) is 5.79. The van der Waals surface area contributed by atoms with Crippen LogP contribution in [0.1, 0.15) is 45.4 Å². The number of rotatable bonds is 4. The monoisotopic (exact) mass is 310 g/mol. The number of carboxylic acid groups (broad SMARTS) is 1. The van der Waals surface area contributed by atoms with E-state index in [1.807, 2.05) is 6.92 Å². The van der Waals surface area contributed by atoms with Gasteiger partial charge in [-0.25, -0.2) is 4.79 Å². The first-order valence-corrected chi connectivity index (χ1v) is 8.46. The Morgan fingerprint density at radius 2 is 2.14 bits per heavy atom. The minimum absolute atomic E-state index is 0.0998. The number of piperidine rings is 1. The van der Waals surface area contributed by atoms with Gasteiger partial charge in [0.25, 0.3) is 0 Å². The summed E-state index contributed by atoms with van der Waals surface area (Å²) in [6.07, 6.45) is 6.06. The molecule has 3 atom stereocenters. The predicted molar refractivity (Wildman–Crippen MR) is 80.6 cm³/mol. The Kier molecular flexibility index (Phi) is 4.30. The molecule has 0 aromatic heterocycles. The van der Waals surface area contributed by atoms with Gasteiger partial charge >= 0.3 is 12.0 Å². The normalized spacial score (nSPS) is 33.0. The number of ether oxygens (including phenoxy) is 1. The second kappa shape index (κ2) is 6.07. The van der Waals surface area contributed by atoms with Crippen molar-refractivity contribution in [3.05, 3.63) is 0 Å². The third-order valence-electron chi connectivity index (χ3n) is 5.79. The summed E-state index contributed by atoms with van der Waals surface area (Å²) in [6, 6.07) is 0.0904. The predicted octanol–water partition coefficient (Wildman–Crippen LogP) is 1.84. The number of carbonyl (C=O) groups excluding carboxylic acids is 1. The molecule has 2 saturated carbocycles. The molecule has 3 unspecified atom stereocenters. The number of urea groups is 1. The van der Waals surface area contributed by atoms with Gasteiger partial charge in [0, 0.05) is 31.2 Å². The van der Waals surface area contributed by atoms with Crippen LogP contribution in [0, 0.1) is 11.3 Å². The van der Waals surface area contributed by atoms with Gasteiger partial charge in [-0.05, 0) is 39.0 Å². The number of hydrogen-bond donors (Lipinski definition) is 2. The van der Waals surface area contributed by atoms with E-state index in [2.05, 4.69) is 5.32 Å². The van der Waals surface area contributed by atoms with E-state index in [4.69, 9.17) is 9.84 Å². The maximum Gasteiger partial charge on any atom is 0.317 e. The number of carbonyl (C=O) groups is 2. The lowest BCUT2D eigenvalue weighted by atomic mass is 9.51. The van der Waals surface area contributed by atoms with Gasteiger partial charge in [0.1, 0.15) is 0 Å². The maximum atomic E-state index is 12.4. The molecule has 6 nitrogen and oxygen atoms in total. The Morgan fingerprint density at radius 3 is 2.73 bits per heavy atom. The average Bonchev–Trinajstić information content (AvgIpc) is 2.44. The molecule has 1 aliphatic heterocycles. The topological polar surface area (TPSA) is 78.9 Å². The molecule has 2 amide bonds. The third kappa shape index (κ3) is 2.57. The van der Waals surface area contributed by atoms with Crippen molar-refractivity contribution in [1.29, 1.82) is 0 Å². The molecule has 124 valence electrons. The smallest absolute Gasteiger partial charge is 0.317 e. The summed E-state index contributed by atoms with van der Waals surface area (Å²) in [4.78, 5) is 25.2. The van der Waals surface area contributed by atoms with E-state index in [0.29, 0.717) is 19.5 Å². The lowest BCUT2D eigenvalue weighted by molar-refractivity contribution is -0.170. The van der Waals surface area contributed by atoms with Gasteiger partial charge in [-0.1, -0.05) is 6.42 Å². The van der Waals surface area contributed by atoms with Gasteiger partial charge in [-0.15, -0.1) is 0 Å². The molecule has 1 heterocycles. The highest BCUT2D eigenvalue weighted by Crippen LogP contribution is 2.57. The zero-order valence-electron chi connectivity index (χ0n) is 13.2. The Bertz CT molecular complexity index is 449. The molecule has 22 heavy (non-hydrogen) atoms. The van der Waals surface area contributed by atoms with E-state index in [1.54, 1.807) is 4.90 Å². The van der Waals surface area contributed by atoms with Crippen LogP contribution in [0.15, 0.2) is 0 Å². The molecule has 6 heteroatoms. The summed E-state index contributed by atoms with van der Waals surface area (Å²) in [5.41, 5.74) is 0.146. The van der Waals surface area contributed by atoms with Crippen LogP contribution in [-0.4, -0.2) is 53.8 Å². The largest absolute Gasteiger partial charge is 0.481 e. The van der Waals surface area contributed by atoms with Gasteiger partial charge < -0.3 is 20.1 Å². The van der Waals surface area contributed by atoms with Gasteiger partial charge in [-0.3, -0.25) is 4.79 Å². The van der Waals surface area contributed by atoms with Gasteiger partial charge in [0.2, 0.25) is 0 Å². The van der Waals surface area contributed by atoms with Crippen molar-refractivity contribution in [2.24, 2.45) is 11.3 Å². The minimum atomic E-state index is -0.798. The van der Waals surface area contributed by atoms with E-state index in [0.717, 1.165) is 32.3 Å². The fraction of sp³-hybridized carbons (Fsp3) is 0.875. The molecular formula is C16H26N2O4. The molecule has 1 spiro atoms. The Balaban J connectivity index is 1.55. The molecule has 1 saturated heterocycles. The Hall–Kier alpha value is -1.30. The Labute approximate surface area is 131 Å². The zero-order valence-corrected chi connectivity index (χ0v) is 13.2. The number of hydrogen-bond acceptors (Lipinski definition) is 3. The first-order chi connectivity index (χ1) is 10.6. The summed E-state index contributed by atoms with van der Waals surface area (Å²) in [5, 5.41) is 12.3. The molecule has 0 aromatic rings. The maximum absolute atomic E-state index is 12.4. The second-order valence-corrected chi connectivity index (χ2v) is 6.89. The first-order valence-electron chi connectivity index (χ1n) is 8.46. The molecular weight excluding hydrogens is 284 g/mol. The van der Waals surface area contributed by atoms with Crippen molar-refractivity contribution in [2.45, 2.75) is 57.6 Å². The molecule has 3 rings (SSSR count). The van der Waals surface area contributed by atoms with Crippen molar-refractivity contribution < 1.29 is 19.4 Å². The van der Waals surface area contributed by atoms with Crippen LogP contribution >= 0.6 is 0 Å². The highest BCUT2D eigenvalue weighted by atomic mass is 16.5. The van der Waals surface area contributed by atoms with E-state index < -0.39 is 11.9 Å². The standard InChI is InChI=1S/C16H26N2O4/c1-2-22-13-9-12(16(13)6-4-7-16)17-15(21)18-8-3-5-11(10-18)14(19)20/h11-13H,2-10H2,1H3,(H,17,21)(H,19,20). The van der Waals surface area contributed by atoms with Gasteiger partial charge in [-0.2, -0.15) is 0 Å². The number of amides is 2. The van der Waals surface area contributed by atoms with Crippen LogP contribution in [0.4, 0.5) is 4.79 Å². The van der Waals surface area contributed by atoms with Crippen molar-refractivity contribution in [3.8, 4) is 0 Å². The molecule has 3 aliphatic rings. The fourth-order valence-electron chi connectivity index (χ4n) is 4.24. The van der Waals surface area contributed by atoms with Gasteiger partial charge in [0.05, 0.1) is 12.0 Å². The van der Waals surface area contributed by atoms with E-state index in [1.165, 1.54) is 6.42 Å². The highest BCUT2D eigenvalue weighted by Gasteiger charge is 2.59. The van der Waals surface area contributed by atoms with E-state index >= 15 is 0 Å². The van der Waals surface area contributed by atoms with E-state index in [-0.39, 0.29) is 23.6 Å². The number of likely N-dealkylation sites (tertiary alicyclic amines) is 1. The number of aliphatic carboxylic acids is 1. The van der Waals surface area contributed by atoms with Crippen LogP contribution in [0.2, 0.25) is 0 Å². The van der Waals surface area contributed by atoms with Crippen molar-refractivity contribution in [2.75, 3.05) is 19.7 Å². The van der Waals surface area contributed by atoms with Crippen LogP contribution in [0.3, 0.4) is 0 Å². The van der Waals surface area contributed by atoms with Crippen LogP contribution < -0.4 is 5.32 Å². The number of nitrogens with one attached hydrogen (secondary N) is 1. The summed E-state index contributed by atoms with van der Waals surface area (Å²) >= 11 is 0. The van der Waals surface area contributed by atoms with Crippen LogP contribution in [-0.2, 0) is 9.53 Å². The second-order valence-electron chi connectivity index (χ2n) is 6.89. The summed E-state index contributed by atoms with van der Waals surface area (Å²) in [5.74, 6) is -1.22. The van der Waals surface area contributed by atoms with Crippen LogP contribution in [0.25, 0.3) is 0 Å². The first kappa shape index (κ1) is 15.6. The number of carboxylic acids is 1. The molecule has 3 fully saturated rings. The molecule has 0 bridgehead atoms. The number of nitrogens with zero attached hydrogens (tertiary/aromatic N) is 1. The summed E-state index contributed by atoms with van der Waals surface area (Å²) in [6.45, 7) is 3.72. The van der Waals surface area contributed by atoms with E-state index in [9.17, 15) is 9.59 Å². The quantitative estimate of drug-likeness (QED) is 0.830. The molecule has 2 aliphatic carbocycles. The molecule has 2 N–H and O–H groups in total. The average molecular weight is 310 g/mol. The highest BCUT2D eigenvalue weighted by molar-refractivity contribution is 5.77. The Morgan fingerprint density at radius 1 is 1.36 bits per heavy atom. The van der Waals surface area contributed by atoms with Crippen LogP contribution in [0.5, 0.6) is 0 Å². The van der Waals surface area contributed by atoms with Crippen molar-refractivity contribution >= 4 is 12.0 Å². The molecule has 0 radical (unpaired) electrons. The minimum Gasteiger partial charge on any atom is -0.481 e. The van der Waals surface area contributed by atoms with Gasteiger partial charge in [0.15, 0.2) is 0 Å². The summed E-state index contributed by atoms with van der Waals surface area (Å²) in [7, 11) is 0. The van der Waals surface area contributed by atoms with Crippen molar-refractivity contribution in [1.82, 2.24) is 10.2 Å². The fourth-order valence-corrected chi connectivity index (χ4v) is 4.24. The zero-order chi connectivity index (χ0) is 15.7. The SMILES string of the molecule is CCOC1CC(NC(=O)N2CCCC(C(=O)O)C2)C12CCC2. The van der Waals surface area contributed by atoms with Crippen molar-refractivity contribution in [3.63, 3.8) is 0 Å². The molecule has 0 aromatic carbocycles. The summed E-state index contributed by atoms with van der Waals surface area (Å²) < 4.78 is 5.80.